The lowest BCUT2D eigenvalue weighted by molar-refractivity contribution is 0.102. The highest BCUT2D eigenvalue weighted by Crippen LogP contribution is 2.24. The maximum atomic E-state index is 12.4. The summed E-state index contributed by atoms with van der Waals surface area (Å²) in [4.78, 5) is 12.4. The molecule has 2 aromatic carbocycles. The van der Waals surface area contributed by atoms with Crippen molar-refractivity contribution in [3.8, 4) is 5.75 Å². The minimum Gasteiger partial charge on any atom is -0.490 e. The molecule has 0 heterocycles. The maximum absolute atomic E-state index is 12.4. The topological polar surface area (TPSA) is 38.3 Å². The van der Waals surface area contributed by atoms with Crippen LogP contribution in [-0.2, 0) is 0 Å². The van der Waals surface area contributed by atoms with Crippen LogP contribution >= 0.6 is 11.6 Å². The summed E-state index contributed by atoms with van der Waals surface area (Å²) in [7, 11) is 0. The smallest absolute Gasteiger partial charge is 0.259 e. The number of anilines is 1. The fourth-order valence-corrected chi connectivity index (χ4v) is 2.10. The molecule has 0 saturated heterocycles. The second kappa shape index (κ2) is 6.64. The number of para-hydroxylation sites is 1. The molecule has 0 aromatic heterocycles. The zero-order valence-electron chi connectivity index (χ0n) is 12.3. The highest BCUT2D eigenvalue weighted by molar-refractivity contribution is 6.31. The van der Waals surface area contributed by atoms with Crippen LogP contribution in [0.3, 0.4) is 0 Å². The van der Waals surface area contributed by atoms with E-state index in [2.05, 4.69) is 5.32 Å². The lowest BCUT2D eigenvalue weighted by atomic mass is 10.1. The van der Waals surface area contributed by atoms with Crippen LogP contribution in [0.15, 0.2) is 42.5 Å². The van der Waals surface area contributed by atoms with Gasteiger partial charge >= 0.3 is 0 Å². The molecule has 0 spiro atoms. The lowest BCUT2D eigenvalue weighted by Gasteiger charge is -2.14. The zero-order valence-corrected chi connectivity index (χ0v) is 13.1. The molecular formula is C17H18ClNO2. The number of amides is 1. The first-order valence-corrected chi connectivity index (χ1v) is 7.18. The Hall–Kier alpha value is -2.00. The van der Waals surface area contributed by atoms with Crippen molar-refractivity contribution >= 4 is 23.2 Å². The van der Waals surface area contributed by atoms with Crippen molar-refractivity contribution in [1.29, 1.82) is 0 Å². The van der Waals surface area contributed by atoms with Gasteiger partial charge in [0.15, 0.2) is 0 Å². The Kier molecular flexibility index (Phi) is 4.86. The van der Waals surface area contributed by atoms with E-state index >= 15 is 0 Å². The monoisotopic (exact) mass is 303 g/mol. The van der Waals surface area contributed by atoms with Crippen LogP contribution < -0.4 is 10.1 Å². The van der Waals surface area contributed by atoms with Gasteiger partial charge < -0.3 is 10.1 Å². The Morgan fingerprint density at radius 1 is 1.19 bits per heavy atom. The Labute approximate surface area is 129 Å². The van der Waals surface area contributed by atoms with E-state index in [1.54, 1.807) is 24.3 Å². The minimum atomic E-state index is -0.211. The largest absolute Gasteiger partial charge is 0.490 e. The second-order valence-electron chi connectivity index (χ2n) is 5.08. The minimum absolute atomic E-state index is 0.00635. The molecule has 0 unspecified atom stereocenters. The number of carbonyl (C=O) groups is 1. The molecule has 0 radical (unpaired) electrons. The number of carbonyl (C=O) groups excluding carboxylic acids is 1. The van der Waals surface area contributed by atoms with E-state index in [1.807, 2.05) is 39.0 Å². The molecule has 0 saturated carbocycles. The first-order chi connectivity index (χ1) is 9.97. The number of hydrogen-bond acceptors (Lipinski definition) is 2. The number of halogens is 1. The molecule has 2 aromatic rings. The third-order valence-electron chi connectivity index (χ3n) is 2.94. The molecule has 1 N–H and O–H groups in total. The number of ether oxygens (including phenoxy) is 1. The summed E-state index contributed by atoms with van der Waals surface area (Å²) in [5.41, 5.74) is 2.16. The molecule has 0 fully saturated rings. The molecule has 0 aliphatic rings. The van der Waals surface area contributed by atoms with Gasteiger partial charge in [-0.25, -0.2) is 0 Å². The van der Waals surface area contributed by atoms with E-state index in [0.29, 0.717) is 22.0 Å². The molecule has 0 atom stereocenters. The third kappa shape index (κ3) is 3.99. The molecular weight excluding hydrogens is 286 g/mol. The number of rotatable bonds is 4. The van der Waals surface area contributed by atoms with Gasteiger partial charge in [-0.05, 0) is 50.6 Å². The van der Waals surface area contributed by atoms with Gasteiger partial charge in [-0.15, -0.1) is 0 Å². The van der Waals surface area contributed by atoms with Crippen LogP contribution in [0.4, 0.5) is 5.69 Å². The molecule has 4 heteroatoms. The van der Waals surface area contributed by atoms with E-state index in [0.717, 1.165) is 5.56 Å². The maximum Gasteiger partial charge on any atom is 0.259 e. The number of benzene rings is 2. The molecule has 1 amide bonds. The van der Waals surface area contributed by atoms with Crippen molar-refractivity contribution in [2.24, 2.45) is 0 Å². The molecule has 110 valence electrons. The van der Waals surface area contributed by atoms with Crippen LogP contribution in [0.25, 0.3) is 0 Å². The summed E-state index contributed by atoms with van der Waals surface area (Å²) in [5.74, 6) is 0.362. The number of hydrogen-bond donors (Lipinski definition) is 1. The fourth-order valence-electron chi connectivity index (χ4n) is 1.93. The summed E-state index contributed by atoms with van der Waals surface area (Å²) in [5, 5.41) is 3.46. The summed E-state index contributed by atoms with van der Waals surface area (Å²) in [6, 6.07) is 12.6. The molecule has 0 aliphatic carbocycles. The number of aryl methyl sites for hydroxylation is 1. The van der Waals surface area contributed by atoms with Gasteiger partial charge in [0.1, 0.15) is 5.75 Å². The van der Waals surface area contributed by atoms with Gasteiger partial charge in [0, 0.05) is 10.7 Å². The zero-order chi connectivity index (χ0) is 15.4. The molecule has 0 bridgehead atoms. The Morgan fingerprint density at radius 3 is 2.62 bits per heavy atom. The molecule has 2 rings (SSSR count). The normalized spacial score (nSPS) is 10.5. The van der Waals surface area contributed by atoms with Gasteiger partial charge in [0.2, 0.25) is 0 Å². The lowest BCUT2D eigenvalue weighted by Crippen LogP contribution is -2.16. The first kappa shape index (κ1) is 15.4. The SMILES string of the molecule is Cc1ccc(Cl)cc1NC(=O)c1ccccc1OC(C)C. The second-order valence-corrected chi connectivity index (χ2v) is 5.51. The standard InChI is InChI=1S/C17H18ClNO2/c1-11(2)21-16-7-5-4-6-14(16)17(20)19-15-10-13(18)9-8-12(15)3/h4-11H,1-3H3,(H,19,20). The van der Waals surface area contributed by atoms with Crippen molar-refractivity contribution in [1.82, 2.24) is 0 Å². The summed E-state index contributed by atoms with van der Waals surface area (Å²) in [6.45, 7) is 5.77. The predicted octanol–water partition coefficient (Wildman–Crippen LogP) is 4.69. The van der Waals surface area contributed by atoms with E-state index in [4.69, 9.17) is 16.3 Å². The van der Waals surface area contributed by atoms with E-state index in [1.165, 1.54) is 0 Å². The third-order valence-corrected chi connectivity index (χ3v) is 3.18. The Morgan fingerprint density at radius 2 is 1.90 bits per heavy atom. The van der Waals surface area contributed by atoms with Gasteiger partial charge in [-0.3, -0.25) is 4.79 Å². The van der Waals surface area contributed by atoms with E-state index in [-0.39, 0.29) is 12.0 Å². The van der Waals surface area contributed by atoms with Gasteiger partial charge in [0.25, 0.3) is 5.91 Å². The van der Waals surface area contributed by atoms with Crippen LogP contribution in [-0.4, -0.2) is 12.0 Å². The molecule has 0 aliphatic heterocycles. The van der Waals surface area contributed by atoms with E-state index in [9.17, 15) is 4.79 Å². The average Bonchev–Trinajstić information content (AvgIpc) is 2.42. The van der Waals surface area contributed by atoms with Gasteiger partial charge in [0.05, 0.1) is 11.7 Å². The van der Waals surface area contributed by atoms with E-state index < -0.39 is 0 Å². The highest BCUT2D eigenvalue weighted by Gasteiger charge is 2.14. The Balaban J connectivity index is 2.26. The van der Waals surface area contributed by atoms with Crippen molar-refractivity contribution in [2.45, 2.75) is 26.9 Å². The number of nitrogens with one attached hydrogen (secondary N) is 1. The highest BCUT2D eigenvalue weighted by atomic mass is 35.5. The van der Waals surface area contributed by atoms with Crippen LogP contribution in [0.5, 0.6) is 5.75 Å². The van der Waals surface area contributed by atoms with Crippen molar-refractivity contribution in [3.63, 3.8) is 0 Å². The predicted molar refractivity (Wildman–Crippen MR) is 86.3 cm³/mol. The summed E-state index contributed by atoms with van der Waals surface area (Å²) in [6.07, 6.45) is 0.00635. The summed E-state index contributed by atoms with van der Waals surface area (Å²) >= 11 is 5.97. The van der Waals surface area contributed by atoms with Crippen molar-refractivity contribution < 1.29 is 9.53 Å². The molecule has 21 heavy (non-hydrogen) atoms. The average molecular weight is 304 g/mol. The first-order valence-electron chi connectivity index (χ1n) is 6.80. The van der Waals surface area contributed by atoms with Crippen LogP contribution in [0.2, 0.25) is 5.02 Å². The molecule has 3 nitrogen and oxygen atoms in total. The summed E-state index contributed by atoms with van der Waals surface area (Å²) < 4.78 is 5.67. The quantitative estimate of drug-likeness (QED) is 0.890. The van der Waals surface area contributed by atoms with Crippen molar-refractivity contribution in [2.75, 3.05) is 5.32 Å². The van der Waals surface area contributed by atoms with Crippen LogP contribution in [0.1, 0.15) is 29.8 Å². The fraction of sp³-hybridized carbons (Fsp3) is 0.235. The van der Waals surface area contributed by atoms with Gasteiger partial charge in [-0.1, -0.05) is 29.8 Å². The van der Waals surface area contributed by atoms with Crippen molar-refractivity contribution in [3.05, 3.63) is 58.6 Å². The van der Waals surface area contributed by atoms with Gasteiger partial charge in [-0.2, -0.15) is 0 Å². The Bertz CT molecular complexity index is 653. The van der Waals surface area contributed by atoms with Crippen LogP contribution in [0, 0.1) is 6.92 Å².